The highest BCUT2D eigenvalue weighted by atomic mass is 16.1. The van der Waals surface area contributed by atoms with Crippen molar-refractivity contribution in [1.29, 1.82) is 0 Å². The van der Waals surface area contributed by atoms with Crippen LogP contribution in [0, 0.1) is 5.92 Å². The predicted octanol–water partition coefficient (Wildman–Crippen LogP) is 2.55. The molecule has 4 rings (SSSR count). The van der Waals surface area contributed by atoms with E-state index in [2.05, 4.69) is 28.3 Å². The fraction of sp³-hybridized carbons (Fsp3) is 0.650. The Hall–Kier alpha value is -1.95. The van der Waals surface area contributed by atoms with Crippen molar-refractivity contribution in [3.05, 3.63) is 24.0 Å². The van der Waals surface area contributed by atoms with Gasteiger partial charge in [0.15, 0.2) is 5.65 Å². The lowest BCUT2D eigenvalue weighted by molar-refractivity contribution is -0.122. The minimum Gasteiger partial charge on any atom is -0.354 e. The number of likely N-dealkylation sites (N-methyl/N-ethyl adjacent to an activating group) is 1. The first-order chi connectivity index (χ1) is 12.7. The number of nitrogens with zero attached hydrogens (tertiary/aromatic N) is 4. The molecule has 3 heterocycles. The molecule has 0 bridgehead atoms. The average molecular weight is 355 g/mol. The van der Waals surface area contributed by atoms with E-state index < -0.39 is 0 Å². The number of carbonyl (C=O) groups excluding carboxylic acids is 1. The second kappa shape index (κ2) is 7.74. The van der Waals surface area contributed by atoms with E-state index in [1.165, 1.54) is 25.7 Å². The van der Waals surface area contributed by atoms with Crippen LogP contribution in [0.2, 0.25) is 0 Å². The Labute approximate surface area is 155 Å². The van der Waals surface area contributed by atoms with E-state index in [-0.39, 0.29) is 5.91 Å². The SMILES string of the molecule is CN1CCC(c2nn(CCNC(=O)CC3CCCC3)c3ncccc23)C1. The van der Waals surface area contributed by atoms with E-state index in [0.717, 1.165) is 36.2 Å². The van der Waals surface area contributed by atoms with Crippen molar-refractivity contribution in [2.45, 2.75) is 51.0 Å². The summed E-state index contributed by atoms with van der Waals surface area (Å²) in [5.41, 5.74) is 2.09. The number of pyridine rings is 1. The fourth-order valence-electron chi connectivity index (χ4n) is 4.50. The maximum atomic E-state index is 12.1. The quantitative estimate of drug-likeness (QED) is 0.865. The lowest BCUT2D eigenvalue weighted by Crippen LogP contribution is -2.28. The molecule has 140 valence electrons. The van der Waals surface area contributed by atoms with Crippen molar-refractivity contribution in [3.8, 4) is 0 Å². The molecule has 0 aromatic carbocycles. The van der Waals surface area contributed by atoms with Gasteiger partial charge in [-0.2, -0.15) is 5.10 Å². The molecular weight excluding hydrogens is 326 g/mol. The number of hydrogen-bond acceptors (Lipinski definition) is 4. The zero-order valence-electron chi connectivity index (χ0n) is 15.7. The highest BCUT2D eigenvalue weighted by Crippen LogP contribution is 2.30. The summed E-state index contributed by atoms with van der Waals surface area (Å²) in [5, 5.41) is 9.11. The number of nitrogens with one attached hydrogen (secondary N) is 1. The molecule has 1 saturated heterocycles. The first-order valence-electron chi connectivity index (χ1n) is 9.97. The third kappa shape index (κ3) is 3.75. The standard InChI is InChI=1S/C20H29N5O/c1-24-11-8-16(14-24)19-17-7-4-9-22-20(17)25(23-19)12-10-21-18(26)13-15-5-2-3-6-15/h4,7,9,15-16H,2-3,5-6,8,10-14H2,1H3,(H,21,26). The molecule has 1 aliphatic heterocycles. The maximum Gasteiger partial charge on any atom is 0.220 e. The van der Waals surface area contributed by atoms with E-state index in [1.54, 1.807) is 0 Å². The van der Waals surface area contributed by atoms with Crippen LogP contribution < -0.4 is 5.32 Å². The normalized spacial score (nSPS) is 21.7. The van der Waals surface area contributed by atoms with Gasteiger partial charge >= 0.3 is 0 Å². The van der Waals surface area contributed by atoms with Crippen molar-refractivity contribution in [2.75, 3.05) is 26.7 Å². The van der Waals surface area contributed by atoms with Gasteiger partial charge in [-0.15, -0.1) is 0 Å². The summed E-state index contributed by atoms with van der Waals surface area (Å²) < 4.78 is 1.97. The van der Waals surface area contributed by atoms with Crippen molar-refractivity contribution >= 4 is 16.9 Å². The van der Waals surface area contributed by atoms with E-state index in [9.17, 15) is 4.79 Å². The van der Waals surface area contributed by atoms with Crippen LogP contribution in [-0.4, -0.2) is 52.3 Å². The summed E-state index contributed by atoms with van der Waals surface area (Å²) in [7, 11) is 2.16. The summed E-state index contributed by atoms with van der Waals surface area (Å²) in [6.45, 7) is 3.46. The van der Waals surface area contributed by atoms with Crippen molar-refractivity contribution in [3.63, 3.8) is 0 Å². The number of carbonyl (C=O) groups is 1. The summed E-state index contributed by atoms with van der Waals surface area (Å²) in [4.78, 5) is 19.0. The topological polar surface area (TPSA) is 63.1 Å². The Morgan fingerprint density at radius 1 is 1.31 bits per heavy atom. The van der Waals surface area contributed by atoms with Gasteiger partial charge in [-0.1, -0.05) is 12.8 Å². The van der Waals surface area contributed by atoms with E-state index in [1.807, 2.05) is 16.9 Å². The maximum absolute atomic E-state index is 12.1. The molecule has 2 aromatic heterocycles. The van der Waals surface area contributed by atoms with Crippen molar-refractivity contribution in [2.24, 2.45) is 5.92 Å². The third-order valence-corrected chi connectivity index (χ3v) is 5.91. The highest BCUT2D eigenvalue weighted by Gasteiger charge is 2.26. The lowest BCUT2D eigenvalue weighted by Gasteiger charge is -2.10. The molecule has 0 spiro atoms. The molecule has 6 nitrogen and oxygen atoms in total. The number of amides is 1. The molecule has 1 atom stereocenters. The first-order valence-corrected chi connectivity index (χ1v) is 9.97. The van der Waals surface area contributed by atoms with Crippen LogP contribution in [0.3, 0.4) is 0 Å². The van der Waals surface area contributed by atoms with Crippen LogP contribution in [0.15, 0.2) is 18.3 Å². The smallest absolute Gasteiger partial charge is 0.220 e. The Morgan fingerprint density at radius 3 is 2.92 bits per heavy atom. The van der Waals surface area contributed by atoms with Crippen LogP contribution in [0.4, 0.5) is 0 Å². The van der Waals surface area contributed by atoms with Gasteiger partial charge in [0.2, 0.25) is 5.91 Å². The van der Waals surface area contributed by atoms with E-state index >= 15 is 0 Å². The number of hydrogen-bond donors (Lipinski definition) is 1. The van der Waals surface area contributed by atoms with Gasteiger partial charge in [0.05, 0.1) is 12.2 Å². The van der Waals surface area contributed by atoms with Crippen molar-refractivity contribution in [1.82, 2.24) is 25.0 Å². The molecule has 2 aromatic rings. The molecule has 26 heavy (non-hydrogen) atoms. The second-order valence-electron chi connectivity index (χ2n) is 7.94. The Kier molecular flexibility index (Phi) is 5.20. The van der Waals surface area contributed by atoms with Gasteiger partial charge in [0.1, 0.15) is 0 Å². The molecule has 1 unspecified atom stereocenters. The van der Waals surface area contributed by atoms with Crippen LogP contribution in [0.1, 0.15) is 50.1 Å². The monoisotopic (exact) mass is 355 g/mol. The highest BCUT2D eigenvalue weighted by molar-refractivity contribution is 5.79. The summed E-state index contributed by atoms with van der Waals surface area (Å²) >= 11 is 0. The van der Waals surface area contributed by atoms with Gasteiger partial charge in [0.25, 0.3) is 0 Å². The zero-order valence-corrected chi connectivity index (χ0v) is 15.7. The molecule has 1 amide bonds. The van der Waals surface area contributed by atoms with Gasteiger partial charge in [-0.05, 0) is 50.9 Å². The lowest BCUT2D eigenvalue weighted by atomic mass is 10.0. The van der Waals surface area contributed by atoms with Gasteiger partial charge in [-0.3, -0.25) is 4.79 Å². The molecule has 2 aliphatic rings. The van der Waals surface area contributed by atoms with Crippen LogP contribution in [-0.2, 0) is 11.3 Å². The molecular formula is C20H29N5O. The van der Waals surface area contributed by atoms with Gasteiger partial charge in [0, 0.05) is 37.0 Å². The number of aromatic nitrogens is 3. The average Bonchev–Trinajstić information content (AvgIpc) is 3.36. The summed E-state index contributed by atoms with van der Waals surface area (Å²) in [6, 6.07) is 4.11. The fourth-order valence-corrected chi connectivity index (χ4v) is 4.50. The Bertz CT molecular complexity index is 765. The number of likely N-dealkylation sites (tertiary alicyclic amines) is 1. The molecule has 6 heteroatoms. The third-order valence-electron chi connectivity index (χ3n) is 5.91. The van der Waals surface area contributed by atoms with Crippen LogP contribution in [0.25, 0.3) is 11.0 Å². The first kappa shape index (κ1) is 17.5. The summed E-state index contributed by atoms with van der Waals surface area (Å²) in [6.07, 6.45) is 8.63. The minimum atomic E-state index is 0.180. The molecule has 0 radical (unpaired) electrons. The molecule has 1 aliphatic carbocycles. The summed E-state index contributed by atoms with van der Waals surface area (Å²) in [5.74, 6) is 1.25. The van der Waals surface area contributed by atoms with Crippen molar-refractivity contribution < 1.29 is 4.79 Å². The molecule has 1 saturated carbocycles. The van der Waals surface area contributed by atoms with Gasteiger partial charge < -0.3 is 10.2 Å². The van der Waals surface area contributed by atoms with E-state index in [0.29, 0.717) is 31.3 Å². The number of fused-ring (bicyclic) bond motifs is 1. The Balaban J connectivity index is 1.40. The minimum absolute atomic E-state index is 0.180. The molecule has 2 fully saturated rings. The Morgan fingerprint density at radius 2 is 2.15 bits per heavy atom. The molecule has 1 N–H and O–H groups in total. The predicted molar refractivity (Wildman–Crippen MR) is 102 cm³/mol. The van der Waals surface area contributed by atoms with Crippen LogP contribution >= 0.6 is 0 Å². The number of rotatable bonds is 6. The van der Waals surface area contributed by atoms with E-state index in [4.69, 9.17) is 5.10 Å². The van der Waals surface area contributed by atoms with Gasteiger partial charge in [-0.25, -0.2) is 9.67 Å². The largest absolute Gasteiger partial charge is 0.354 e. The zero-order chi connectivity index (χ0) is 17.9. The second-order valence-corrected chi connectivity index (χ2v) is 7.94. The van der Waals surface area contributed by atoms with Crippen LogP contribution in [0.5, 0.6) is 0 Å².